The first-order valence-corrected chi connectivity index (χ1v) is 32.6. The lowest BCUT2D eigenvalue weighted by Gasteiger charge is -2.18. The lowest BCUT2D eigenvalue weighted by molar-refractivity contribution is -0.167. The second-order valence-corrected chi connectivity index (χ2v) is 20.9. The number of ether oxygens (including phenoxy) is 3. The molecule has 0 aromatic carbocycles. The summed E-state index contributed by atoms with van der Waals surface area (Å²) in [5, 5.41) is 0. The zero-order chi connectivity index (χ0) is 58.5. The highest BCUT2D eigenvalue weighted by molar-refractivity contribution is 5.71. The van der Waals surface area contributed by atoms with Gasteiger partial charge < -0.3 is 14.2 Å². The third-order valence-electron chi connectivity index (χ3n) is 13.2. The number of allylic oxidation sites excluding steroid dienone is 28. The average molecular weight is 1120 g/mol. The summed E-state index contributed by atoms with van der Waals surface area (Å²) >= 11 is 0. The number of esters is 3. The highest BCUT2D eigenvalue weighted by atomic mass is 16.6. The van der Waals surface area contributed by atoms with E-state index in [1.54, 1.807) is 0 Å². The summed E-state index contributed by atoms with van der Waals surface area (Å²) in [4.78, 5) is 38.4. The van der Waals surface area contributed by atoms with E-state index in [1.807, 2.05) is 0 Å². The summed E-state index contributed by atoms with van der Waals surface area (Å²) < 4.78 is 16.9. The van der Waals surface area contributed by atoms with Gasteiger partial charge in [-0.15, -0.1) is 0 Å². The predicted molar refractivity (Wildman–Crippen MR) is 352 cm³/mol. The molecule has 0 radical (unpaired) electrons. The van der Waals surface area contributed by atoms with Crippen LogP contribution in [0.15, 0.2) is 170 Å². The number of rotatable bonds is 57. The van der Waals surface area contributed by atoms with E-state index in [0.29, 0.717) is 19.3 Å². The molecule has 0 fully saturated rings. The molecule has 0 aromatic heterocycles. The number of carbonyl (C=O) groups excluding carboxylic acids is 3. The van der Waals surface area contributed by atoms with Gasteiger partial charge in [0.1, 0.15) is 13.2 Å². The quantitative estimate of drug-likeness (QED) is 0.0261. The fourth-order valence-corrected chi connectivity index (χ4v) is 8.36. The Bertz CT molecular complexity index is 1860. The molecule has 0 aliphatic rings. The minimum Gasteiger partial charge on any atom is -0.462 e. The average Bonchev–Trinajstić information content (AvgIpc) is 3.47. The van der Waals surface area contributed by atoms with Crippen LogP contribution in [0.25, 0.3) is 0 Å². The van der Waals surface area contributed by atoms with Crippen LogP contribution in [0, 0.1) is 0 Å². The Morgan fingerprint density at radius 2 is 0.481 bits per heavy atom. The van der Waals surface area contributed by atoms with E-state index >= 15 is 0 Å². The molecule has 0 saturated heterocycles. The molecule has 0 aromatic rings. The van der Waals surface area contributed by atoms with Gasteiger partial charge in [0, 0.05) is 19.3 Å². The molecule has 6 heteroatoms. The summed E-state index contributed by atoms with van der Waals surface area (Å²) in [7, 11) is 0. The molecule has 0 amide bonds. The van der Waals surface area contributed by atoms with Gasteiger partial charge in [-0.25, -0.2) is 0 Å². The summed E-state index contributed by atoms with van der Waals surface area (Å²) in [5.74, 6) is -0.991. The Balaban J connectivity index is 4.56. The fraction of sp³-hybridized carbons (Fsp3) is 0.587. The third kappa shape index (κ3) is 65.5. The summed E-state index contributed by atoms with van der Waals surface area (Å²) in [6.07, 6.45) is 99.2. The number of hydrogen-bond acceptors (Lipinski definition) is 6. The van der Waals surface area contributed by atoms with E-state index in [1.165, 1.54) is 70.6 Å². The molecular formula is C75H118O6. The Morgan fingerprint density at radius 3 is 0.778 bits per heavy atom. The molecule has 0 rings (SSSR count). The van der Waals surface area contributed by atoms with Crippen LogP contribution in [0.2, 0.25) is 0 Å². The minimum absolute atomic E-state index is 0.114. The van der Waals surface area contributed by atoms with Crippen molar-refractivity contribution in [2.24, 2.45) is 0 Å². The van der Waals surface area contributed by atoms with Crippen LogP contribution in [-0.4, -0.2) is 37.2 Å². The van der Waals surface area contributed by atoms with Crippen LogP contribution < -0.4 is 0 Å². The van der Waals surface area contributed by atoms with Crippen LogP contribution in [0.3, 0.4) is 0 Å². The molecule has 0 bridgehead atoms. The van der Waals surface area contributed by atoms with Crippen molar-refractivity contribution in [2.45, 2.75) is 271 Å². The van der Waals surface area contributed by atoms with E-state index in [-0.39, 0.29) is 37.5 Å². The number of unbranched alkanes of at least 4 members (excludes halogenated alkanes) is 18. The number of carbonyl (C=O) groups is 3. The van der Waals surface area contributed by atoms with Gasteiger partial charge in [0.05, 0.1) is 0 Å². The normalized spacial score (nSPS) is 13.3. The predicted octanol–water partition coefficient (Wildman–Crippen LogP) is 22.7. The molecular weight excluding hydrogens is 997 g/mol. The fourth-order valence-electron chi connectivity index (χ4n) is 8.36. The molecule has 81 heavy (non-hydrogen) atoms. The summed E-state index contributed by atoms with van der Waals surface area (Å²) in [6, 6.07) is 0. The van der Waals surface area contributed by atoms with Crippen molar-refractivity contribution in [3.05, 3.63) is 170 Å². The van der Waals surface area contributed by atoms with E-state index in [4.69, 9.17) is 14.2 Å². The molecule has 1 atom stereocenters. The van der Waals surface area contributed by atoms with Crippen LogP contribution in [0.1, 0.15) is 265 Å². The maximum Gasteiger partial charge on any atom is 0.306 e. The first kappa shape index (κ1) is 75.8. The molecule has 0 aliphatic carbocycles. The van der Waals surface area contributed by atoms with Crippen LogP contribution in [0.4, 0.5) is 0 Å². The van der Waals surface area contributed by atoms with Gasteiger partial charge in [0.15, 0.2) is 6.10 Å². The van der Waals surface area contributed by atoms with Gasteiger partial charge >= 0.3 is 17.9 Å². The van der Waals surface area contributed by atoms with E-state index < -0.39 is 6.10 Å². The van der Waals surface area contributed by atoms with Gasteiger partial charge in [-0.2, -0.15) is 0 Å². The lowest BCUT2D eigenvalue weighted by atomic mass is 10.1. The topological polar surface area (TPSA) is 78.9 Å². The Hall–Kier alpha value is -5.23. The molecule has 0 spiro atoms. The van der Waals surface area contributed by atoms with Crippen molar-refractivity contribution < 1.29 is 28.6 Å². The maximum absolute atomic E-state index is 12.9. The van der Waals surface area contributed by atoms with Gasteiger partial charge in [-0.1, -0.05) is 262 Å². The first-order chi connectivity index (χ1) is 40.0. The van der Waals surface area contributed by atoms with Crippen molar-refractivity contribution in [1.29, 1.82) is 0 Å². The zero-order valence-electron chi connectivity index (χ0n) is 52.0. The summed E-state index contributed by atoms with van der Waals surface area (Å²) in [6.45, 7) is 6.33. The smallest absolute Gasteiger partial charge is 0.306 e. The molecule has 0 saturated carbocycles. The van der Waals surface area contributed by atoms with Crippen molar-refractivity contribution in [2.75, 3.05) is 13.2 Å². The Morgan fingerprint density at radius 1 is 0.259 bits per heavy atom. The highest BCUT2D eigenvalue weighted by Gasteiger charge is 2.19. The molecule has 454 valence electrons. The van der Waals surface area contributed by atoms with Crippen molar-refractivity contribution in [1.82, 2.24) is 0 Å². The standard InChI is InChI=1S/C75H118O6/c1-4-7-10-13-16-19-22-25-28-31-34-36-37-39-41-44-47-50-53-56-59-62-65-68-74(77)80-71-72(70-79-73(76)67-64-61-58-55-52-49-46-43-40-33-30-27-24-21-18-15-12-9-6-3)81-75(78)69-66-63-60-57-54-51-48-45-42-38-35-32-29-26-23-20-17-14-11-8-5-2/h7-8,10-11,16-21,25-30,34-36,38-39,41,45,47-48,50,54,57,72H,4-6,9,12-15,22-24,31-33,37,40,42-44,46,49,51-53,55-56,58-71H2,1-3H3/b10-7-,11-8-,19-16-,20-17-,21-18-,28-25-,29-26-,30-27-,36-34-,38-35-,41-39-,48-45-,50-47-,57-54-. The van der Waals surface area contributed by atoms with Crippen molar-refractivity contribution in [3.8, 4) is 0 Å². The number of hydrogen-bond donors (Lipinski definition) is 0. The van der Waals surface area contributed by atoms with Crippen molar-refractivity contribution >= 4 is 17.9 Å². The second kappa shape index (κ2) is 67.3. The monoisotopic (exact) mass is 1110 g/mol. The van der Waals surface area contributed by atoms with Gasteiger partial charge in [0.25, 0.3) is 0 Å². The van der Waals surface area contributed by atoms with Gasteiger partial charge in [-0.3, -0.25) is 14.4 Å². The van der Waals surface area contributed by atoms with Gasteiger partial charge in [-0.05, 0) is 154 Å². The highest BCUT2D eigenvalue weighted by Crippen LogP contribution is 2.14. The van der Waals surface area contributed by atoms with Crippen LogP contribution >= 0.6 is 0 Å². The van der Waals surface area contributed by atoms with E-state index in [0.717, 1.165) is 148 Å². The van der Waals surface area contributed by atoms with Gasteiger partial charge in [0.2, 0.25) is 0 Å². The molecule has 0 aliphatic heterocycles. The third-order valence-corrected chi connectivity index (χ3v) is 13.2. The minimum atomic E-state index is -0.826. The molecule has 0 N–H and O–H groups in total. The van der Waals surface area contributed by atoms with Crippen molar-refractivity contribution in [3.63, 3.8) is 0 Å². The van der Waals surface area contributed by atoms with Crippen LogP contribution in [0.5, 0.6) is 0 Å². The van der Waals surface area contributed by atoms with E-state index in [9.17, 15) is 14.4 Å². The SMILES string of the molecule is CC/C=C\C/C=C\C/C=C\C/C=C\C/C=C\C/C=C\CCCCCCC(=O)OCC(COC(=O)CCCCCCCCCCC/C=C\C/C=C\CCCCC)OC(=O)CCCC/C=C\C/C=C\C/C=C\C/C=C\C/C=C\C/C=C\CC. The summed E-state index contributed by atoms with van der Waals surface area (Å²) in [5.41, 5.74) is 0. The zero-order valence-corrected chi connectivity index (χ0v) is 52.0. The first-order valence-electron chi connectivity index (χ1n) is 32.6. The Kier molecular flexibility index (Phi) is 62.9. The molecule has 0 heterocycles. The van der Waals surface area contributed by atoms with Crippen LogP contribution in [-0.2, 0) is 28.6 Å². The second-order valence-electron chi connectivity index (χ2n) is 20.9. The Labute approximate surface area is 498 Å². The maximum atomic E-state index is 12.9. The molecule has 1 unspecified atom stereocenters. The lowest BCUT2D eigenvalue weighted by Crippen LogP contribution is -2.30. The van der Waals surface area contributed by atoms with E-state index in [2.05, 4.69) is 191 Å². The molecule has 6 nitrogen and oxygen atoms in total. The largest absolute Gasteiger partial charge is 0.462 e.